The summed E-state index contributed by atoms with van der Waals surface area (Å²) < 4.78 is 1.09. The fourth-order valence-electron chi connectivity index (χ4n) is 0.846. The van der Waals surface area contributed by atoms with Crippen LogP contribution in [0.5, 0.6) is 0 Å². The molecule has 2 nitrogen and oxygen atoms in total. The number of likely N-dealkylation sites (N-methyl/N-ethyl adjacent to an activating group) is 1. The van der Waals surface area contributed by atoms with Crippen molar-refractivity contribution in [2.24, 2.45) is 0 Å². The molecule has 1 aromatic rings. The molecule has 0 amide bonds. The largest absolute Gasteiger partial charge is 0.319 e. The summed E-state index contributed by atoms with van der Waals surface area (Å²) in [6, 6.07) is 3.94. The summed E-state index contributed by atoms with van der Waals surface area (Å²) in [5.74, 6) is 0. The van der Waals surface area contributed by atoms with Crippen LogP contribution in [-0.2, 0) is 6.42 Å². The van der Waals surface area contributed by atoms with E-state index in [4.69, 9.17) is 0 Å². The fourth-order valence-corrected chi connectivity index (χ4v) is 1.30. The van der Waals surface area contributed by atoms with Crippen LogP contribution in [0.3, 0.4) is 0 Å². The van der Waals surface area contributed by atoms with Gasteiger partial charge in [0.05, 0.1) is 5.69 Å². The van der Waals surface area contributed by atoms with Gasteiger partial charge in [-0.1, -0.05) is 0 Å². The van der Waals surface area contributed by atoms with Gasteiger partial charge in [0.25, 0.3) is 0 Å². The number of hydrogen-bond acceptors (Lipinski definition) is 2. The van der Waals surface area contributed by atoms with E-state index in [1.165, 1.54) is 0 Å². The summed E-state index contributed by atoms with van der Waals surface area (Å²) in [7, 11) is 1.94. The van der Waals surface area contributed by atoms with Gasteiger partial charge in [-0.15, -0.1) is 0 Å². The molecular weight excluding hydrogens is 204 g/mol. The molecular formula is C8H11BrN2. The third-order valence-corrected chi connectivity index (χ3v) is 2.17. The lowest BCUT2D eigenvalue weighted by atomic mass is 10.3. The number of hydrogen-bond donors (Lipinski definition) is 1. The standard InChI is InChI=1S/C8H11BrN2/c1-10-6-4-8-7(9)3-2-5-11-8/h2-3,5,10H,4,6H2,1H3. The molecule has 0 saturated carbocycles. The highest BCUT2D eigenvalue weighted by Crippen LogP contribution is 2.12. The summed E-state index contributed by atoms with van der Waals surface area (Å²) in [5.41, 5.74) is 1.11. The van der Waals surface area contributed by atoms with Crippen LogP contribution in [0.15, 0.2) is 22.8 Å². The Balaban J connectivity index is 2.62. The highest BCUT2D eigenvalue weighted by atomic mass is 79.9. The molecule has 3 heteroatoms. The number of rotatable bonds is 3. The molecule has 1 aromatic heterocycles. The van der Waals surface area contributed by atoms with Crippen LogP contribution in [0.4, 0.5) is 0 Å². The zero-order valence-corrected chi connectivity index (χ0v) is 8.06. The maximum Gasteiger partial charge on any atom is 0.0558 e. The van der Waals surface area contributed by atoms with Gasteiger partial charge in [-0.25, -0.2) is 0 Å². The van der Waals surface area contributed by atoms with Crippen molar-refractivity contribution in [3.63, 3.8) is 0 Å². The number of nitrogens with one attached hydrogen (secondary N) is 1. The molecule has 60 valence electrons. The fraction of sp³-hybridized carbons (Fsp3) is 0.375. The van der Waals surface area contributed by atoms with Gasteiger partial charge in [0, 0.05) is 23.6 Å². The monoisotopic (exact) mass is 214 g/mol. The second kappa shape index (κ2) is 4.46. The zero-order valence-electron chi connectivity index (χ0n) is 6.47. The minimum Gasteiger partial charge on any atom is -0.319 e. The van der Waals surface area contributed by atoms with Gasteiger partial charge in [0.15, 0.2) is 0 Å². The van der Waals surface area contributed by atoms with Crippen molar-refractivity contribution >= 4 is 15.9 Å². The second-order valence-corrected chi connectivity index (χ2v) is 3.14. The van der Waals surface area contributed by atoms with E-state index in [-0.39, 0.29) is 0 Å². The quantitative estimate of drug-likeness (QED) is 0.828. The van der Waals surface area contributed by atoms with E-state index < -0.39 is 0 Å². The molecule has 0 fully saturated rings. The van der Waals surface area contributed by atoms with E-state index in [2.05, 4.69) is 26.2 Å². The number of halogens is 1. The van der Waals surface area contributed by atoms with Crippen LogP contribution < -0.4 is 5.32 Å². The van der Waals surface area contributed by atoms with Crippen molar-refractivity contribution < 1.29 is 0 Å². The van der Waals surface area contributed by atoms with Crippen molar-refractivity contribution in [3.05, 3.63) is 28.5 Å². The van der Waals surface area contributed by atoms with Crippen LogP contribution in [0.25, 0.3) is 0 Å². The molecule has 0 spiro atoms. The maximum absolute atomic E-state index is 4.23. The molecule has 0 unspecified atom stereocenters. The van der Waals surface area contributed by atoms with E-state index in [1.807, 2.05) is 25.4 Å². The molecule has 0 saturated heterocycles. The SMILES string of the molecule is CNCCc1ncccc1Br. The molecule has 0 aromatic carbocycles. The van der Waals surface area contributed by atoms with Crippen molar-refractivity contribution in [1.82, 2.24) is 10.3 Å². The van der Waals surface area contributed by atoms with Crippen molar-refractivity contribution in [3.8, 4) is 0 Å². The normalized spacial score (nSPS) is 10.0. The molecule has 0 radical (unpaired) electrons. The van der Waals surface area contributed by atoms with Gasteiger partial charge in [-0.3, -0.25) is 4.98 Å². The van der Waals surface area contributed by atoms with E-state index >= 15 is 0 Å². The first-order chi connectivity index (χ1) is 5.34. The molecule has 0 aliphatic heterocycles. The summed E-state index contributed by atoms with van der Waals surface area (Å²) >= 11 is 3.44. The summed E-state index contributed by atoms with van der Waals surface area (Å²) in [5, 5.41) is 3.08. The summed E-state index contributed by atoms with van der Waals surface area (Å²) in [6.07, 6.45) is 2.79. The third-order valence-electron chi connectivity index (χ3n) is 1.45. The second-order valence-electron chi connectivity index (χ2n) is 2.29. The van der Waals surface area contributed by atoms with Crippen LogP contribution in [0, 0.1) is 0 Å². The highest BCUT2D eigenvalue weighted by molar-refractivity contribution is 9.10. The Morgan fingerprint density at radius 1 is 1.64 bits per heavy atom. The predicted molar refractivity (Wildman–Crippen MR) is 49.6 cm³/mol. The summed E-state index contributed by atoms with van der Waals surface area (Å²) in [6.45, 7) is 0.968. The summed E-state index contributed by atoms with van der Waals surface area (Å²) in [4.78, 5) is 4.23. The minimum atomic E-state index is 0.968. The Morgan fingerprint density at radius 2 is 2.45 bits per heavy atom. The van der Waals surface area contributed by atoms with Crippen LogP contribution >= 0.6 is 15.9 Å². The molecule has 1 N–H and O–H groups in total. The van der Waals surface area contributed by atoms with Crippen LogP contribution in [0.1, 0.15) is 5.69 Å². The van der Waals surface area contributed by atoms with Gasteiger partial charge >= 0.3 is 0 Å². The molecule has 0 aliphatic carbocycles. The van der Waals surface area contributed by atoms with E-state index in [1.54, 1.807) is 0 Å². The molecule has 0 aliphatic rings. The van der Waals surface area contributed by atoms with Crippen molar-refractivity contribution in [2.45, 2.75) is 6.42 Å². The van der Waals surface area contributed by atoms with Crippen LogP contribution in [0.2, 0.25) is 0 Å². The van der Waals surface area contributed by atoms with Crippen molar-refractivity contribution in [2.75, 3.05) is 13.6 Å². The Hall–Kier alpha value is -0.410. The van der Waals surface area contributed by atoms with E-state index in [9.17, 15) is 0 Å². The van der Waals surface area contributed by atoms with E-state index in [0.717, 1.165) is 23.1 Å². The van der Waals surface area contributed by atoms with Gasteiger partial charge < -0.3 is 5.32 Å². The lowest BCUT2D eigenvalue weighted by Gasteiger charge is -2.00. The van der Waals surface area contributed by atoms with Gasteiger partial charge in [-0.2, -0.15) is 0 Å². The Bertz CT molecular complexity index is 225. The van der Waals surface area contributed by atoms with Crippen molar-refractivity contribution in [1.29, 1.82) is 0 Å². The average molecular weight is 215 g/mol. The molecule has 1 rings (SSSR count). The maximum atomic E-state index is 4.23. The average Bonchev–Trinajstić information content (AvgIpc) is 2.03. The number of nitrogens with zero attached hydrogens (tertiary/aromatic N) is 1. The molecule has 11 heavy (non-hydrogen) atoms. The first kappa shape index (κ1) is 8.68. The topological polar surface area (TPSA) is 24.9 Å². The molecule has 0 bridgehead atoms. The lowest BCUT2D eigenvalue weighted by Crippen LogP contribution is -2.11. The lowest BCUT2D eigenvalue weighted by molar-refractivity contribution is 0.774. The number of aromatic nitrogens is 1. The van der Waals surface area contributed by atoms with Gasteiger partial charge in [0.2, 0.25) is 0 Å². The Morgan fingerprint density at radius 3 is 3.09 bits per heavy atom. The smallest absolute Gasteiger partial charge is 0.0558 e. The molecule has 1 heterocycles. The minimum absolute atomic E-state index is 0.968. The third kappa shape index (κ3) is 2.60. The van der Waals surface area contributed by atoms with E-state index in [0.29, 0.717) is 0 Å². The first-order valence-electron chi connectivity index (χ1n) is 3.58. The predicted octanol–water partition coefficient (Wildman–Crippen LogP) is 1.61. The zero-order chi connectivity index (χ0) is 8.10. The van der Waals surface area contributed by atoms with Gasteiger partial charge in [-0.05, 0) is 35.1 Å². The highest BCUT2D eigenvalue weighted by Gasteiger charge is 1.97. The van der Waals surface area contributed by atoms with Crippen LogP contribution in [-0.4, -0.2) is 18.6 Å². The Labute approximate surface area is 75.2 Å². The van der Waals surface area contributed by atoms with Gasteiger partial charge in [0.1, 0.15) is 0 Å². The molecule has 0 atom stereocenters. The number of pyridine rings is 1. The Kier molecular flexibility index (Phi) is 3.52. The first-order valence-corrected chi connectivity index (χ1v) is 4.38.